The predicted octanol–water partition coefficient (Wildman–Crippen LogP) is 0.869. The Kier molecular flexibility index (Phi) is 3.24. The number of carbonyl (C=O) groups excluding carboxylic acids is 1. The number of benzene rings is 1. The van der Waals surface area contributed by atoms with E-state index in [2.05, 4.69) is 10.5 Å². The standard InChI is InChI=1S/C14H17N3O3S/c1-9-7-13(18)15-16-14(9)11-3-4-12-10(8-11)5-6-17(12)21(2,19)20/h3-4,8-9H,5-7H2,1-2H3,(H,15,18). The fourth-order valence-electron chi connectivity index (χ4n) is 2.88. The summed E-state index contributed by atoms with van der Waals surface area (Å²) in [5, 5.41) is 4.14. The van der Waals surface area contributed by atoms with Crippen molar-refractivity contribution in [2.75, 3.05) is 17.1 Å². The third-order valence-corrected chi connectivity index (χ3v) is 5.07. The number of fused-ring (bicyclic) bond motifs is 1. The lowest BCUT2D eigenvalue weighted by Crippen LogP contribution is -2.32. The van der Waals surface area contributed by atoms with Gasteiger partial charge in [0.15, 0.2) is 0 Å². The average molecular weight is 307 g/mol. The van der Waals surface area contributed by atoms with Gasteiger partial charge in [-0.05, 0) is 29.7 Å². The summed E-state index contributed by atoms with van der Waals surface area (Å²) in [5.74, 6) is -0.0140. The molecule has 1 N–H and O–H groups in total. The van der Waals surface area contributed by atoms with Crippen molar-refractivity contribution >= 4 is 27.3 Å². The van der Waals surface area contributed by atoms with Crippen LogP contribution in [0.1, 0.15) is 24.5 Å². The summed E-state index contributed by atoms with van der Waals surface area (Å²) in [6, 6.07) is 5.67. The normalized spacial score (nSPS) is 21.8. The van der Waals surface area contributed by atoms with Gasteiger partial charge in [0, 0.05) is 18.9 Å². The smallest absolute Gasteiger partial charge is 0.240 e. The minimum atomic E-state index is -3.23. The van der Waals surface area contributed by atoms with E-state index in [0.29, 0.717) is 19.4 Å². The van der Waals surface area contributed by atoms with Crippen LogP contribution in [0.25, 0.3) is 0 Å². The van der Waals surface area contributed by atoms with Crippen LogP contribution < -0.4 is 9.73 Å². The first-order valence-electron chi connectivity index (χ1n) is 6.83. The summed E-state index contributed by atoms with van der Waals surface area (Å²) in [4.78, 5) is 11.3. The molecule has 1 atom stereocenters. The van der Waals surface area contributed by atoms with E-state index < -0.39 is 10.0 Å². The van der Waals surface area contributed by atoms with Crippen molar-refractivity contribution in [1.29, 1.82) is 0 Å². The van der Waals surface area contributed by atoms with Gasteiger partial charge in [0.1, 0.15) is 0 Å². The van der Waals surface area contributed by atoms with Crippen molar-refractivity contribution in [1.82, 2.24) is 5.43 Å². The Morgan fingerprint density at radius 1 is 1.38 bits per heavy atom. The van der Waals surface area contributed by atoms with Crippen molar-refractivity contribution < 1.29 is 13.2 Å². The highest BCUT2D eigenvalue weighted by atomic mass is 32.2. The number of nitrogens with one attached hydrogen (secondary N) is 1. The van der Waals surface area contributed by atoms with Gasteiger partial charge in [0.05, 0.1) is 17.7 Å². The Bertz CT molecular complexity index is 740. The molecule has 2 heterocycles. The number of carbonyl (C=O) groups is 1. The molecule has 0 bridgehead atoms. The molecule has 21 heavy (non-hydrogen) atoms. The van der Waals surface area contributed by atoms with Crippen LogP contribution in [0.5, 0.6) is 0 Å². The first kappa shape index (κ1) is 14.1. The van der Waals surface area contributed by atoms with E-state index in [1.54, 1.807) is 0 Å². The minimum absolute atomic E-state index is 0.0595. The lowest BCUT2D eigenvalue weighted by molar-refractivity contribution is -0.121. The van der Waals surface area contributed by atoms with Crippen molar-refractivity contribution in [3.05, 3.63) is 29.3 Å². The molecule has 2 aliphatic heterocycles. The molecule has 2 aliphatic rings. The van der Waals surface area contributed by atoms with Crippen LogP contribution in [0.3, 0.4) is 0 Å². The van der Waals surface area contributed by atoms with E-state index in [4.69, 9.17) is 0 Å². The lowest BCUT2D eigenvalue weighted by atomic mass is 9.93. The molecular formula is C14H17N3O3S. The van der Waals surface area contributed by atoms with Crippen molar-refractivity contribution in [3.8, 4) is 0 Å². The van der Waals surface area contributed by atoms with Crippen LogP contribution in [0, 0.1) is 5.92 Å². The number of hydrazone groups is 1. The molecule has 0 saturated carbocycles. The molecule has 0 saturated heterocycles. The van der Waals surface area contributed by atoms with Crippen LogP contribution >= 0.6 is 0 Å². The topological polar surface area (TPSA) is 78.8 Å². The molecule has 0 spiro atoms. The molecule has 1 aromatic rings. The highest BCUT2D eigenvalue weighted by molar-refractivity contribution is 7.92. The molecule has 112 valence electrons. The van der Waals surface area contributed by atoms with Gasteiger partial charge in [0.25, 0.3) is 0 Å². The highest BCUT2D eigenvalue weighted by Gasteiger charge is 2.28. The van der Waals surface area contributed by atoms with E-state index in [1.165, 1.54) is 10.6 Å². The molecule has 3 rings (SSSR count). The van der Waals surface area contributed by atoms with Crippen LogP contribution in [0.15, 0.2) is 23.3 Å². The van der Waals surface area contributed by atoms with Gasteiger partial charge in [-0.2, -0.15) is 5.10 Å². The molecular weight excluding hydrogens is 290 g/mol. The minimum Gasteiger partial charge on any atom is -0.273 e. The Labute approximate surface area is 123 Å². The zero-order valence-electron chi connectivity index (χ0n) is 12.0. The molecule has 0 radical (unpaired) electrons. The maximum Gasteiger partial charge on any atom is 0.240 e. The van der Waals surface area contributed by atoms with Gasteiger partial charge in [-0.3, -0.25) is 9.10 Å². The van der Waals surface area contributed by atoms with Crippen LogP contribution in [-0.4, -0.2) is 32.8 Å². The van der Waals surface area contributed by atoms with Crippen molar-refractivity contribution in [2.45, 2.75) is 19.8 Å². The summed E-state index contributed by atoms with van der Waals surface area (Å²) in [7, 11) is -3.23. The van der Waals surface area contributed by atoms with Gasteiger partial charge in [-0.25, -0.2) is 13.8 Å². The van der Waals surface area contributed by atoms with E-state index >= 15 is 0 Å². The Hall–Kier alpha value is -1.89. The maximum atomic E-state index is 11.7. The average Bonchev–Trinajstić information content (AvgIpc) is 2.81. The summed E-state index contributed by atoms with van der Waals surface area (Å²) >= 11 is 0. The number of nitrogens with zero attached hydrogens (tertiary/aromatic N) is 2. The largest absolute Gasteiger partial charge is 0.273 e. The number of hydrogen-bond donors (Lipinski definition) is 1. The van der Waals surface area contributed by atoms with Crippen molar-refractivity contribution in [3.63, 3.8) is 0 Å². The number of anilines is 1. The van der Waals surface area contributed by atoms with E-state index in [0.717, 1.165) is 22.5 Å². The van der Waals surface area contributed by atoms with Gasteiger partial charge in [-0.1, -0.05) is 13.0 Å². The Morgan fingerprint density at radius 3 is 2.81 bits per heavy atom. The SMILES string of the molecule is CC1CC(=O)NN=C1c1ccc2c(c1)CCN2S(C)(=O)=O. The fraction of sp³-hybridized carbons (Fsp3) is 0.429. The second-order valence-electron chi connectivity index (χ2n) is 5.57. The number of hydrogen-bond acceptors (Lipinski definition) is 4. The van der Waals surface area contributed by atoms with E-state index in [9.17, 15) is 13.2 Å². The summed E-state index contributed by atoms with van der Waals surface area (Å²) in [6.45, 7) is 2.45. The molecule has 0 aliphatic carbocycles. The van der Waals surface area contributed by atoms with E-state index in [1.807, 2.05) is 25.1 Å². The lowest BCUT2D eigenvalue weighted by Gasteiger charge is -2.20. The third kappa shape index (κ3) is 2.53. The first-order valence-corrected chi connectivity index (χ1v) is 8.68. The maximum absolute atomic E-state index is 11.7. The zero-order chi connectivity index (χ0) is 15.2. The number of rotatable bonds is 2. The summed E-state index contributed by atoms with van der Waals surface area (Å²) in [6.07, 6.45) is 2.34. The van der Waals surface area contributed by atoms with Gasteiger partial charge < -0.3 is 0 Å². The zero-order valence-corrected chi connectivity index (χ0v) is 12.8. The fourth-order valence-corrected chi connectivity index (χ4v) is 3.84. The molecule has 1 amide bonds. The third-order valence-electron chi connectivity index (χ3n) is 3.89. The molecule has 1 aromatic carbocycles. The van der Waals surface area contributed by atoms with Crippen LogP contribution in [-0.2, 0) is 21.2 Å². The highest BCUT2D eigenvalue weighted by Crippen LogP contribution is 2.31. The quantitative estimate of drug-likeness (QED) is 0.880. The molecule has 0 aromatic heterocycles. The first-order chi connectivity index (χ1) is 9.86. The molecule has 6 nitrogen and oxygen atoms in total. The molecule has 1 unspecified atom stereocenters. The second kappa shape index (κ2) is 4.84. The second-order valence-corrected chi connectivity index (χ2v) is 7.47. The van der Waals surface area contributed by atoms with Crippen molar-refractivity contribution in [2.24, 2.45) is 11.0 Å². The van der Waals surface area contributed by atoms with E-state index in [-0.39, 0.29) is 11.8 Å². The van der Waals surface area contributed by atoms with Gasteiger partial charge in [-0.15, -0.1) is 0 Å². The molecule has 0 fully saturated rings. The summed E-state index contributed by atoms with van der Waals surface area (Å²) in [5.41, 5.74) is 6.04. The van der Waals surface area contributed by atoms with Crippen LogP contribution in [0.2, 0.25) is 0 Å². The monoisotopic (exact) mass is 307 g/mol. The van der Waals surface area contributed by atoms with Gasteiger partial charge in [0.2, 0.25) is 15.9 Å². The number of sulfonamides is 1. The van der Waals surface area contributed by atoms with Crippen LogP contribution in [0.4, 0.5) is 5.69 Å². The van der Waals surface area contributed by atoms with Gasteiger partial charge >= 0.3 is 0 Å². The predicted molar refractivity (Wildman–Crippen MR) is 80.8 cm³/mol. The Balaban J connectivity index is 1.97. The summed E-state index contributed by atoms with van der Waals surface area (Å²) < 4.78 is 24.9. The Morgan fingerprint density at radius 2 is 2.14 bits per heavy atom. The molecule has 7 heteroatoms. The number of amides is 1.